The Morgan fingerprint density at radius 3 is 3.05 bits per heavy atom. The van der Waals surface area contributed by atoms with Crippen molar-refractivity contribution < 1.29 is 14.4 Å². The lowest BCUT2D eigenvalue weighted by Gasteiger charge is -2.05. The summed E-state index contributed by atoms with van der Waals surface area (Å²) in [5.41, 5.74) is 2.21. The van der Waals surface area contributed by atoms with Crippen LogP contribution in [0.5, 0.6) is 0 Å². The lowest BCUT2D eigenvalue weighted by atomic mass is 10.0. The molecule has 2 N–H and O–H groups in total. The van der Waals surface area contributed by atoms with E-state index in [4.69, 9.17) is 5.11 Å². The van der Waals surface area contributed by atoms with Crippen LogP contribution in [0.4, 0.5) is 0 Å². The number of rotatable bonds is 4. The standard InChI is InChI=1S/C15H15N3O3/c1-11-4-5-13(9-12(11)3-2-8-19)15(20)16-7-6-14-17-10-21-18-14/h4-5,9-10,19H,6-8H2,1H3,(H,16,20). The van der Waals surface area contributed by atoms with Gasteiger partial charge in [0.2, 0.25) is 6.39 Å². The van der Waals surface area contributed by atoms with Crippen molar-refractivity contribution in [1.29, 1.82) is 0 Å². The lowest BCUT2D eigenvalue weighted by Crippen LogP contribution is -2.26. The summed E-state index contributed by atoms with van der Waals surface area (Å²) in [7, 11) is 0. The van der Waals surface area contributed by atoms with Gasteiger partial charge in [-0.15, -0.1) is 0 Å². The number of aliphatic hydroxyl groups is 1. The molecular weight excluding hydrogens is 270 g/mol. The SMILES string of the molecule is Cc1ccc(C(=O)NCCc2ncon2)cc1C#CCO. The number of hydrogen-bond acceptors (Lipinski definition) is 5. The minimum atomic E-state index is -0.208. The molecule has 1 amide bonds. The molecule has 0 unspecified atom stereocenters. The van der Waals surface area contributed by atoms with Crippen molar-refractivity contribution in [2.45, 2.75) is 13.3 Å². The van der Waals surface area contributed by atoms with Gasteiger partial charge in [0.1, 0.15) is 6.61 Å². The van der Waals surface area contributed by atoms with Gasteiger partial charge in [-0.1, -0.05) is 23.1 Å². The number of nitrogens with zero attached hydrogens (tertiary/aromatic N) is 2. The van der Waals surface area contributed by atoms with Crippen molar-refractivity contribution in [2.75, 3.05) is 13.2 Å². The van der Waals surface area contributed by atoms with Crippen LogP contribution in [-0.2, 0) is 6.42 Å². The first-order valence-corrected chi connectivity index (χ1v) is 6.44. The predicted octanol–water partition coefficient (Wildman–Crippen LogP) is 0.694. The molecule has 2 aromatic rings. The second-order valence-corrected chi connectivity index (χ2v) is 4.34. The maximum atomic E-state index is 12.0. The van der Waals surface area contributed by atoms with Crippen molar-refractivity contribution in [3.63, 3.8) is 0 Å². The van der Waals surface area contributed by atoms with Gasteiger partial charge < -0.3 is 14.9 Å². The van der Waals surface area contributed by atoms with Crippen LogP contribution in [0.1, 0.15) is 27.3 Å². The molecule has 0 aliphatic rings. The molecule has 0 aliphatic carbocycles. The molecule has 0 spiro atoms. The Hall–Kier alpha value is -2.65. The van der Waals surface area contributed by atoms with Crippen LogP contribution >= 0.6 is 0 Å². The van der Waals surface area contributed by atoms with Crippen LogP contribution in [0.2, 0.25) is 0 Å². The number of benzene rings is 1. The van der Waals surface area contributed by atoms with Gasteiger partial charge in [0.15, 0.2) is 5.82 Å². The largest absolute Gasteiger partial charge is 0.384 e. The predicted molar refractivity (Wildman–Crippen MR) is 75.5 cm³/mol. The monoisotopic (exact) mass is 285 g/mol. The van der Waals surface area contributed by atoms with Crippen LogP contribution in [-0.4, -0.2) is 34.3 Å². The Kier molecular flexibility index (Phi) is 5.07. The first-order valence-electron chi connectivity index (χ1n) is 6.44. The maximum Gasteiger partial charge on any atom is 0.251 e. The Labute approximate surface area is 122 Å². The molecule has 6 heteroatoms. The van der Waals surface area contributed by atoms with Gasteiger partial charge in [-0.05, 0) is 24.6 Å². The molecule has 0 saturated heterocycles. The fourth-order valence-corrected chi connectivity index (χ4v) is 1.73. The molecule has 0 saturated carbocycles. The third-order valence-electron chi connectivity index (χ3n) is 2.84. The molecular formula is C15H15N3O3. The maximum absolute atomic E-state index is 12.0. The summed E-state index contributed by atoms with van der Waals surface area (Å²) in [6, 6.07) is 5.28. The average Bonchev–Trinajstić information content (AvgIpc) is 2.99. The number of carbonyl (C=O) groups excluding carboxylic acids is 1. The quantitative estimate of drug-likeness (QED) is 0.807. The second-order valence-electron chi connectivity index (χ2n) is 4.34. The van der Waals surface area contributed by atoms with Gasteiger partial charge in [-0.25, -0.2) is 0 Å². The summed E-state index contributed by atoms with van der Waals surface area (Å²) in [4.78, 5) is 15.9. The Morgan fingerprint density at radius 1 is 1.48 bits per heavy atom. The van der Waals surface area contributed by atoms with Gasteiger partial charge in [0, 0.05) is 24.1 Å². The highest BCUT2D eigenvalue weighted by atomic mass is 16.5. The van der Waals surface area contributed by atoms with Crippen molar-refractivity contribution in [3.8, 4) is 11.8 Å². The zero-order valence-corrected chi connectivity index (χ0v) is 11.6. The summed E-state index contributed by atoms with van der Waals surface area (Å²) in [6.45, 7) is 2.11. The second kappa shape index (κ2) is 7.22. The lowest BCUT2D eigenvalue weighted by molar-refractivity contribution is 0.0954. The van der Waals surface area contributed by atoms with E-state index in [-0.39, 0.29) is 12.5 Å². The molecule has 0 aliphatic heterocycles. The summed E-state index contributed by atoms with van der Waals surface area (Å²) >= 11 is 0. The van der Waals surface area contributed by atoms with E-state index in [0.717, 1.165) is 11.1 Å². The fourth-order valence-electron chi connectivity index (χ4n) is 1.73. The number of amides is 1. The molecule has 6 nitrogen and oxygen atoms in total. The topological polar surface area (TPSA) is 88.3 Å². The smallest absolute Gasteiger partial charge is 0.251 e. The highest BCUT2D eigenvalue weighted by molar-refractivity contribution is 5.94. The number of aryl methyl sites for hydroxylation is 1. The van der Waals surface area contributed by atoms with Crippen LogP contribution in [0.25, 0.3) is 0 Å². The molecule has 2 rings (SSSR count). The van der Waals surface area contributed by atoms with E-state index in [0.29, 0.717) is 24.4 Å². The van der Waals surface area contributed by atoms with E-state index >= 15 is 0 Å². The van der Waals surface area contributed by atoms with Gasteiger partial charge in [-0.3, -0.25) is 4.79 Å². The van der Waals surface area contributed by atoms with Crippen molar-refractivity contribution >= 4 is 5.91 Å². The number of hydrogen-bond donors (Lipinski definition) is 2. The van der Waals surface area contributed by atoms with Crippen LogP contribution in [0, 0.1) is 18.8 Å². The molecule has 21 heavy (non-hydrogen) atoms. The minimum Gasteiger partial charge on any atom is -0.384 e. The number of aromatic nitrogens is 2. The number of nitrogens with one attached hydrogen (secondary N) is 1. The molecule has 0 radical (unpaired) electrons. The van der Waals surface area contributed by atoms with Gasteiger partial charge >= 0.3 is 0 Å². The number of aliphatic hydroxyl groups excluding tert-OH is 1. The zero-order valence-electron chi connectivity index (χ0n) is 11.6. The first kappa shape index (κ1) is 14.8. The molecule has 1 aromatic carbocycles. The average molecular weight is 285 g/mol. The summed E-state index contributed by atoms with van der Waals surface area (Å²) < 4.78 is 4.61. The van der Waals surface area contributed by atoms with Crippen LogP contribution in [0.15, 0.2) is 29.1 Å². The van der Waals surface area contributed by atoms with E-state index in [1.807, 2.05) is 13.0 Å². The molecule has 1 aromatic heterocycles. The van der Waals surface area contributed by atoms with Crippen molar-refractivity contribution in [2.24, 2.45) is 0 Å². The molecule has 0 atom stereocenters. The molecule has 0 fully saturated rings. The van der Waals surface area contributed by atoms with Crippen molar-refractivity contribution in [1.82, 2.24) is 15.5 Å². The fraction of sp³-hybridized carbons (Fsp3) is 0.267. The third-order valence-corrected chi connectivity index (χ3v) is 2.84. The van der Waals surface area contributed by atoms with E-state index < -0.39 is 0 Å². The van der Waals surface area contributed by atoms with Crippen molar-refractivity contribution in [3.05, 3.63) is 47.1 Å². The summed E-state index contributed by atoms with van der Waals surface area (Å²) in [5.74, 6) is 5.76. The van der Waals surface area contributed by atoms with Crippen LogP contribution < -0.4 is 5.32 Å². The Balaban J connectivity index is 1.98. The Bertz CT molecular complexity index is 669. The molecule has 108 valence electrons. The molecule has 1 heterocycles. The van der Waals surface area contributed by atoms with Gasteiger partial charge in [0.05, 0.1) is 0 Å². The highest BCUT2D eigenvalue weighted by Crippen LogP contribution is 2.10. The zero-order chi connectivity index (χ0) is 15.1. The highest BCUT2D eigenvalue weighted by Gasteiger charge is 2.07. The molecule has 0 bridgehead atoms. The number of carbonyl (C=O) groups is 1. The summed E-state index contributed by atoms with van der Waals surface area (Å²) in [5, 5.41) is 15.2. The Morgan fingerprint density at radius 2 is 2.33 bits per heavy atom. The van der Waals surface area contributed by atoms with Crippen LogP contribution in [0.3, 0.4) is 0 Å². The third kappa shape index (κ3) is 4.16. The van der Waals surface area contributed by atoms with E-state index in [1.54, 1.807) is 12.1 Å². The van der Waals surface area contributed by atoms with Gasteiger partial charge in [-0.2, -0.15) is 4.98 Å². The van der Waals surface area contributed by atoms with E-state index in [1.165, 1.54) is 6.39 Å². The van der Waals surface area contributed by atoms with E-state index in [2.05, 4.69) is 31.8 Å². The van der Waals surface area contributed by atoms with E-state index in [9.17, 15) is 4.79 Å². The summed E-state index contributed by atoms with van der Waals surface area (Å²) in [6.07, 6.45) is 1.76. The minimum absolute atomic E-state index is 0.189. The first-order chi connectivity index (χ1) is 10.2. The normalized spacial score (nSPS) is 9.81. The van der Waals surface area contributed by atoms with Gasteiger partial charge in [0.25, 0.3) is 5.91 Å².